The Morgan fingerprint density at radius 2 is 1.41 bits per heavy atom. The fourth-order valence-electron chi connectivity index (χ4n) is 3.10. The molecule has 1 heterocycles. The van der Waals surface area contributed by atoms with Crippen LogP contribution in [0.15, 0.2) is 12.1 Å². The summed E-state index contributed by atoms with van der Waals surface area (Å²) in [7, 11) is 0. The first-order valence-electron chi connectivity index (χ1n) is 6.61. The highest BCUT2D eigenvalue weighted by atomic mass is 16.6. The van der Waals surface area contributed by atoms with E-state index in [1.807, 2.05) is 0 Å². The largest absolute Gasteiger partial charge is 0.632 e. The number of quaternary nitrogens is 1. The molecule has 0 fully saturated rings. The zero-order valence-corrected chi connectivity index (χ0v) is 11.0. The van der Waals surface area contributed by atoms with E-state index in [-0.39, 0.29) is 10.2 Å². The number of hydrogen-bond donors (Lipinski definition) is 0. The highest BCUT2D eigenvalue weighted by molar-refractivity contribution is 5.41. The smallest absolute Gasteiger partial charge is 0.105 e. The molecular formula is C15H21NO. The lowest BCUT2D eigenvalue weighted by molar-refractivity contribution is -0.945. The maximum absolute atomic E-state index is 12.8. The van der Waals surface area contributed by atoms with E-state index in [2.05, 4.69) is 32.9 Å². The molecule has 0 unspecified atom stereocenters. The van der Waals surface area contributed by atoms with E-state index >= 15 is 0 Å². The molecule has 1 aromatic carbocycles. The van der Waals surface area contributed by atoms with Crippen molar-refractivity contribution >= 4 is 0 Å². The maximum atomic E-state index is 12.8. The van der Waals surface area contributed by atoms with Gasteiger partial charge in [-0.25, -0.2) is 0 Å². The van der Waals surface area contributed by atoms with Gasteiger partial charge in [-0.15, -0.1) is 0 Å². The molecule has 0 aromatic heterocycles. The first-order valence-corrected chi connectivity index (χ1v) is 6.61. The first kappa shape index (κ1) is 11.2. The summed E-state index contributed by atoms with van der Waals surface area (Å²) in [5.74, 6) is 0. The summed E-state index contributed by atoms with van der Waals surface area (Å²) in [5.41, 5.74) is 5.37. The van der Waals surface area contributed by atoms with Crippen LogP contribution in [-0.2, 0) is 25.9 Å². The minimum absolute atomic E-state index is 0.0920. The molecule has 17 heavy (non-hydrogen) atoms. The van der Waals surface area contributed by atoms with Crippen molar-refractivity contribution in [2.75, 3.05) is 0 Å². The molecule has 0 radical (unpaired) electrons. The van der Waals surface area contributed by atoms with Crippen molar-refractivity contribution in [3.05, 3.63) is 39.6 Å². The Hall–Kier alpha value is -0.860. The molecule has 2 heteroatoms. The van der Waals surface area contributed by atoms with E-state index < -0.39 is 0 Å². The quantitative estimate of drug-likeness (QED) is 0.496. The molecule has 0 saturated heterocycles. The topological polar surface area (TPSA) is 23.1 Å². The van der Waals surface area contributed by atoms with Gasteiger partial charge in [0.2, 0.25) is 0 Å². The number of hydrogen-bond acceptors (Lipinski definition) is 1. The van der Waals surface area contributed by atoms with Crippen LogP contribution in [0.25, 0.3) is 0 Å². The molecule has 1 aliphatic heterocycles. The molecular weight excluding hydrogens is 210 g/mol. The van der Waals surface area contributed by atoms with Crippen LogP contribution < -0.4 is 0 Å². The SMILES string of the molecule is CC(C)(C)[N+]1([O-])Cc2cc3c(cc2C1)CCC3. The molecule has 1 aromatic rings. The van der Waals surface area contributed by atoms with Gasteiger partial charge in [0, 0.05) is 11.1 Å². The second kappa shape index (κ2) is 3.33. The van der Waals surface area contributed by atoms with Crippen LogP contribution in [0.1, 0.15) is 49.4 Å². The lowest BCUT2D eigenvalue weighted by Crippen LogP contribution is -2.51. The Balaban J connectivity index is 2.00. The fourth-order valence-corrected chi connectivity index (χ4v) is 3.10. The van der Waals surface area contributed by atoms with Crippen LogP contribution in [0.4, 0.5) is 0 Å². The third-order valence-electron chi connectivity index (χ3n) is 4.49. The normalized spacial score (nSPS) is 21.4. The summed E-state index contributed by atoms with van der Waals surface area (Å²) >= 11 is 0. The average molecular weight is 231 g/mol. The summed E-state index contributed by atoms with van der Waals surface area (Å²) in [5, 5.41) is 12.8. The Kier molecular flexibility index (Phi) is 2.20. The third-order valence-corrected chi connectivity index (χ3v) is 4.49. The Morgan fingerprint density at radius 3 is 1.82 bits per heavy atom. The van der Waals surface area contributed by atoms with Gasteiger partial charge >= 0.3 is 0 Å². The van der Waals surface area contributed by atoms with E-state index in [1.54, 1.807) is 0 Å². The van der Waals surface area contributed by atoms with E-state index in [1.165, 1.54) is 41.5 Å². The minimum Gasteiger partial charge on any atom is -0.632 e. The van der Waals surface area contributed by atoms with Gasteiger partial charge in [-0.1, -0.05) is 0 Å². The molecule has 3 rings (SSSR count). The molecule has 0 bridgehead atoms. The first-order chi connectivity index (χ1) is 7.89. The van der Waals surface area contributed by atoms with Gasteiger partial charge in [0.05, 0.1) is 5.54 Å². The molecule has 0 amide bonds. The number of aryl methyl sites for hydroxylation is 2. The highest BCUT2D eigenvalue weighted by Crippen LogP contribution is 2.39. The van der Waals surface area contributed by atoms with Crippen LogP contribution in [0.2, 0.25) is 0 Å². The van der Waals surface area contributed by atoms with Gasteiger partial charge < -0.3 is 9.85 Å². The summed E-state index contributed by atoms with van der Waals surface area (Å²) in [4.78, 5) is 0. The lowest BCUT2D eigenvalue weighted by atomic mass is 10.0. The van der Waals surface area contributed by atoms with E-state index in [0.717, 1.165) is 0 Å². The van der Waals surface area contributed by atoms with Crippen LogP contribution in [0.3, 0.4) is 0 Å². The second-order valence-corrected chi connectivity index (χ2v) is 6.62. The summed E-state index contributed by atoms with van der Waals surface area (Å²) < 4.78 is -0.0920. The van der Waals surface area contributed by atoms with Crippen LogP contribution in [0.5, 0.6) is 0 Å². The Morgan fingerprint density at radius 1 is 0.941 bits per heavy atom. The minimum atomic E-state index is -0.219. The van der Waals surface area contributed by atoms with Crippen molar-refractivity contribution in [3.63, 3.8) is 0 Å². The number of nitrogens with zero attached hydrogens (tertiary/aromatic N) is 1. The highest BCUT2D eigenvalue weighted by Gasteiger charge is 2.39. The zero-order valence-electron chi connectivity index (χ0n) is 11.0. The van der Waals surface area contributed by atoms with Gasteiger partial charge in [0.25, 0.3) is 0 Å². The summed E-state index contributed by atoms with van der Waals surface area (Å²) in [6.45, 7) is 7.48. The maximum Gasteiger partial charge on any atom is 0.105 e. The molecule has 0 spiro atoms. The Bertz CT molecular complexity index is 438. The van der Waals surface area contributed by atoms with Gasteiger partial charge in [-0.05, 0) is 63.3 Å². The number of rotatable bonds is 0. The predicted molar refractivity (Wildman–Crippen MR) is 69.3 cm³/mol. The molecule has 0 atom stereocenters. The van der Waals surface area contributed by atoms with Crippen molar-refractivity contribution in [1.29, 1.82) is 0 Å². The van der Waals surface area contributed by atoms with Gasteiger partial charge in [0.1, 0.15) is 13.1 Å². The van der Waals surface area contributed by atoms with Crippen LogP contribution in [-0.4, -0.2) is 10.2 Å². The molecule has 1 aliphatic carbocycles. The summed E-state index contributed by atoms with van der Waals surface area (Å²) in [6, 6.07) is 4.61. The van der Waals surface area contributed by atoms with E-state index in [9.17, 15) is 5.21 Å². The second-order valence-electron chi connectivity index (χ2n) is 6.62. The number of fused-ring (bicyclic) bond motifs is 2. The van der Waals surface area contributed by atoms with Crippen molar-refractivity contribution in [2.24, 2.45) is 0 Å². The fraction of sp³-hybridized carbons (Fsp3) is 0.600. The molecule has 0 saturated carbocycles. The van der Waals surface area contributed by atoms with Crippen LogP contribution in [0, 0.1) is 5.21 Å². The summed E-state index contributed by atoms with van der Waals surface area (Å²) in [6.07, 6.45) is 3.70. The van der Waals surface area contributed by atoms with Gasteiger partial charge in [-0.2, -0.15) is 0 Å². The average Bonchev–Trinajstić information content (AvgIpc) is 2.74. The lowest BCUT2D eigenvalue weighted by Gasteiger charge is -2.49. The van der Waals surface area contributed by atoms with E-state index in [4.69, 9.17) is 0 Å². The molecule has 2 nitrogen and oxygen atoms in total. The molecule has 0 N–H and O–H groups in total. The predicted octanol–water partition coefficient (Wildman–Crippen LogP) is 3.30. The van der Waals surface area contributed by atoms with E-state index in [0.29, 0.717) is 13.1 Å². The Labute approximate surface area is 103 Å². The molecule has 92 valence electrons. The monoisotopic (exact) mass is 231 g/mol. The molecule has 2 aliphatic rings. The zero-order chi connectivity index (χ0) is 12.3. The standard InChI is InChI=1S/C15H21NO/c1-15(2,3)16(17)9-13-7-11-5-4-6-12(11)8-14(13)10-16/h7-8H,4-6,9-10H2,1-3H3. The van der Waals surface area contributed by atoms with Crippen LogP contribution >= 0.6 is 0 Å². The number of hydroxylamine groups is 3. The third kappa shape index (κ3) is 1.62. The van der Waals surface area contributed by atoms with Crippen molar-refractivity contribution in [1.82, 2.24) is 0 Å². The van der Waals surface area contributed by atoms with Crippen molar-refractivity contribution in [2.45, 2.75) is 58.7 Å². The van der Waals surface area contributed by atoms with Crippen molar-refractivity contribution < 1.29 is 4.65 Å². The van der Waals surface area contributed by atoms with Crippen molar-refractivity contribution in [3.8, 4) is 0 Å². The van der Waals surface area contributed by atoms with Gasteiger partial charge in [-0.3, -0.25) is 0 Å². The van der Waals surface area contributed by atoms with Gasteiger partial charge in [0.15, 0.2) is 0 Å². The number of benzene rings is 1.